The third-order valence-electron chi connectivity index (χ3n) is 8.51. The van der Waals surface area contributed by atoms with Gasteiger partial charge in [-0.15, -0.1) is 0 Å². The van der Waals surface area contributed by atoms with E-state index in [4.69, 9.17) is 9.15 Å². The quantitative estimate of drug-likeness (QED) is 0.264. The van der Waals surface area contributed by atoms with E-state index in [1.807, 2.05) is 11.0 Å². The van der Waals surface area contributed by atoms with Crippen molar-refractivity contribution in [1.82, 2.24) is 9.88 Å². The molecule has 10 heteroatoms. The zero-order chi connectivity index (χ0) is 29.9. The highest BCUT2D eigenvalue weighted by Crippen LogP contribution is 2.39. The van der Waals surface area contributed by atoms with E-state index >= 15 is 0 Å². The standard InChI is InChI=1S/C33H39N5O5/c1-22-6-3-7-23(2)30(22)38-17-15-36(16-18-38)28-12-11-25(33(41)42-19-5-14-37-13-4-8-29(37)39)20-26(28)34-31(40)27-21-43-32(35-27)24-9-10-24/h3,6-7,11-12,20-21,24H,4-5,8-10,13-19H2,1-2H3,(H,34,40). The Kier molecular flexibility index (Phi) is 8.35. The molecule has 3 aliphatic rings. The van der Waals surface area contributed by atoms with Crippen molar-refractivity contribution in [3.8, 4) is 0 Å². The van der Waals surface area contributed by atoms with Crippen LogP contribution in [0.5, 0.6) is 0 Å². The number of carbonyl (C=O) groups is 3. The average Bonchev–Trinajstić information content (AvgIpc) is 3.58. The number of aryl methyl sites for hydroxylation is 2. The van der Waals surface area contributed by atoms with Gasteiger partial charge in [-0.05, 0) is 68.9 Å². The number of ether oxygens (including phenoxy) is 1. The summed E-state index contributed by atoms with van der Waals surface area (Å²) < 4.78 is 11.1. The fourth-order valence-corrected chi connectivity index (χ4v) is 6.05. The molecular formula is C33H39N5O5. The van der Waals surface area contributed by atoms with Gasteiger partial charge in [-0.1, -0.05) is 18.2 Å². The maximum absolute atomic E-state index is 13.3. The molecule has 2 aliphatic heterocycles. The van der Waals surface area contributed by atoms with Gasteiger partial charge in [0.05, 0.1) is 23.5 Å². The molecule has 3 heterocycles. The summed E-state index contributed by atoms with van der Waals surface area (Å²) >= 11 is 0. The molecule has 226 valence electrons. The van der Waals surface area contributed by atoms with Crippen LogP contribution in [0, 0.1) is 13.8 Å². The lowest BCUT2D eigenvalue weighted by atomic mass is 10.1. The van der Waals surface area contributed by atoms with Gasteiger partial charge >= 0.3 is 5.97 Å². The number of anilines is 3. The second-order valence-electron chi connectivity index (χ2n) is 11.7. The highest BCUT2D eigenvalue weighted by molar-refractivity contribution is 6.05. The molecule has 1 aromatic heterocycles. The smallest absolute Gasteiger partial charge is 0.338 e. The molecule has 2 saturated heterocycles. The largest absolute Gasteiger partial charge is 0.462 e. The van der Waals surface area contributed by atoms with Gasteiger partial charge in [-0.3, -0.25) is 9.59 Å². The highest BCUT2D eigenvalue weighted by Gasteiger charge is 2.30. The number of para-hydroxylation sites is 1. The Morgan fingerprint density at radius 1 is 1.02 bits per heavy atom. The highest BCUT2D eigenvalue weighted by atomic mass is 16.5. The fourth-order valence-electron chi connectivity index (χ4n) is 6.05. The Bertz CT molecular complexity index is 1480. The lowest BCUT2D eigenvalue weighted by Gasteiger charge is -2.39. The van der Waals surface area contributed by atoms with E-state index in [1.165, 1.54) is 23.1 Å². The zero-order valence-electron chi connectivity index (χ0n) is 24.9. The van der Waals surface area contributed by atoms with Crippen molar-refractivity contribution in [1.29, 1.82) is 0 Å². The second-order valence-corrected chi connectivity index (χ2v) is 11.7. The van der Waals surface area contributed by atoms with Crippen molar-refractivity contribution in [3.63, 3.8) is 0 Å². The number of hydrogen-bond donors (Lipinski definition) is 1. The number of likely N-dealkylation sites (tertiary alicyclic amines) is 1. The third-order valence-corrected chi connectivity index (χ3v) is 8.51. The number of piperazine rings is 1. The lowest BCUT2D eigenvalue weighted by Crippen LogP contribution is -2.47. The van der Waals surface area contributed by atoms with Crippen LogP contribution in [0.4, 0.5) is 17.1 Å². The average molecular weight is 586 g/mol. The predicted molar refractivity (Wildman–Crippen MR) is 164 cm³/mol. The van der Waals surface area contributed by atoms with Crippen molar-refractivity contribution >= 4 is 34.8 Å². The number of aromatic nitrogens is 1. The number of esters is 1. The first-order valence-electron chi connectivity index (χ1n) is 15.3. The Morgan fingerprint density at radius 3 is 2.47 bits per heavy atom. The predicted octanol–water partition coefficient (Wildman–Crippen LogP) is 4.92. The summed E-state index contributed by atoms with van der Waals surface area (Å²) in [5, 5.41) is 2.99. The summed E-state index contributed by atoms with van der Waals surface area (Å²) in [6.45, 7) is 9.03. The minimum Gasteiger partial charge on any atom is -0.462 e. The Morgan fingerprint density at radius 2 is 1.77 bits per heavy atom. The van der Waals surface area contributed by atoms with Crippen LogP contribution in [0.25, 0.3) is 0 Å². The Hall–Kier alpha value is -4.34. The minimum absolute atomic E-state index is 0.161. The molecule has 0 bridgehead atoms. The van der Waals surface area contributed by atoms with Gasteiger partial charge in [0, 0.05) is 57.3 Å². The molecule has 10 nitrogen and oxygen atoms in total. The van der Waals surface area contributed by atoms with Crippen LogP contribution in [0.3, 0.4) is 0 Å². The van der Waals surface area contributed by atoms with E-state index < -0.39 is 5.97 Å². The fraction of sp³-hybridized carbons (Fsp3) is 0.455. The molecule has 1 aliphatic carbocycles. The number of rotatable bonds is 10. The first kappa shape index (κ1) is 28.8. The van der Waals surface area contributed by atoms with Crippen molar-refractivity contribution in [2.45, 2.75) is 51.9 Å². The van der Waals surface area contributed by atoms with E-state index in [9.17, 15) is 14.4 Å². The first-order chi connectivity index (χ1) is 20.9. The van der Waals surface area contributed by atoms with Crippen molar-refractivity contribution in [2.24, 2.45) is 0 Å². The summed E-state index contributed by atoms with van der Waals surface area (Å²) in [5.74, 6) is 0.209. The van der Waals surface area contributed by atoms with Crippen LogP contribution >= 0.6 is 0 Å². The van der Waals surface area contributed by atoms with Gasteiger partial charge in [0.25, 0.3) is 5.91 Å². The molecule has 0 spiro atoms. The normalized spacial score (nSPS) is 17.0. The van der Waals surface area contributed by atoms with Gasteiger partial charge in [0.1, 0.15) is 6.26 Å². The molecule has 43 heavy (non-hydrogen) atoms. The number of benzene rings is 2. The maximum Gasteiger partial charge on any atom is 0.338 e. The van der Waals surface area contributed by atoms with Crippen molar-refractivity contribution < 1.29 is 23.5 Å². The lowest BCUT2D eigenvalue weighted by molar-refractivity contribution is -0.127. The Balaban J connectivity index is 1.16. The number of nitrogens with zero attached hydrogens (tertiary/aromatic N) is 4. The molecule has 2 aromatic carbocycles. The maximum atomic E-state index is 13.3. The molecule has 3 fully saturated rings. The van der Waals surface area contributed by atoms with Crippen LogP contribution in [0.1, 0.15) is 75.9 Å². The summed E-state index contributed by atoms with van der Waals surface area (Å²) in [4.78, 5) is 48.9. The van der Waals surface area contributed by atoms with Crippen molar-refractivity contribution in [3.05, 3.63) is 70.9 Å². The number of oxazole rings is 1. The van der Waals surface area contributed by atoms with Gasteiger partial charge < -0.3 is 29.2 Å². The van der Waals surface area contributed by atoms with Crippen LogP contribution in [-0.4, -0.2) is 73.5 Å². The van der Waals surface area contributed by atoms with Crippen LogP contribution in [0.15, 0.2) is 47.1 Å². The molecule has 1 N–H and O–H groups in total. The monoisotopic (exact) mass is 585 g/mol. The summed E-state index contributed by atoms with van der Waals surface area (Å²) in [6.07, 6.45) is 5.51. The van der Waals surface area contributed by atoms with Gasteiger partial charge in [0.2, 0.25) is 5.91 Å². The minimum atomic E-state index is -0.466. The van der Waals surface area contributed by atoms with Gasteiger partial charge in [0.15, 0.2) is 11.6 Å². The molecule has 0 unspecified atom stereocenters. The Labute approximate surface area is 252 Å². The van der Waals surface area contributed by atoms with E-state index in [0.717, 1.165) is 57.7 Å². The number of carbonyl (C=O) groups excluding carboxylic acids is 3. The van der Waals surface area contributed by atoms with Gasteiger partial charge in [-0.25, -0.2) is 9.78 Å². The SMILES string of the molecule is Cc1cccc(C)c1N1CCN(c2ccc(C(=O)OCCCN3CCCC3=O)cc2NC(=O)c2coc(C3CC3)n2)CC1. The first-order valence-corrected chi connectivity index (χ1v) is 15.3. The number of hydrogen-bond acceptors (Lipinski definition) is 8. The third kappa shape index (κ3) is 6.53. The molecule has 2 amide bonds. The molecule has 3 aromatic rings. The summed E-state index contributed by atoms with van der Waals surface area (Å²) in [7, 11) is 0. The van der Waals surface area contributed by atoms with E-state index in [1.54, 1.807) is 12.1 Å². The van der Waals surface area contributed by atoms with Gasteiger partial charge in [-0.2, -0.15) is 0 Å². The summed E-state index contributed by atoms with van der Waals surface area (Å²) in [5.41, 5.74) is 5.73. The van der Waals surface area contributed by atoms with E-state index in [2.05, 4.69) is 52.1 Å². The molecule has 6 rings (SSSR count). The van der Waals surface area contributed by atoms with Crippen molar-refractivity contribution in [2.75, 3.05) is 61.0 Å². The van der Waals surface area contributed by atoms with Crippen LogP contribution < -0.4 is 15.1 Å². The topological polar surface area (TPSA) is 108 Å². The zero-order valence-corrected chi connectivity index (χ0v) is 24.9. The van der Waals surface area contributed by atoms with E-state index in [-0.39, 0.29) is 24.1 Å². The second kappa shape index (κ2) is 12.5. The summed E-state index contributed by atoms with van der Waals surface area (Å²) in [6, 6.07) is 11.7. The molecular weight excluding hydrogens is 546 g/mol. The number of amides is 2. The molecule has 0 atom stereocenters. The number of nitrogens with one attached hydrogen (secondary N) is 1. The van der Waals surface area contributed by atoms with Crippen LogP contribution in [-0.2, 0) is 9.53 Å². The van der Waals surface area contributed by atoms with E-state index in [0.29, 0.717) is 42.4 Å². The molecule has 0 radical (unpaired) electrons. The molecule has 1 saturated carbocycles. The van der Waals surface area contributed by atoms with Crippen LogP contribution in [0.2, 0.25) is 0 Å².